The number of rotatable bonds is 4. The van der Waals surface area contributed by atoms with Crippen LogP contribution in [0.5, 0.6) is 0 Å². The van der Waals surface area contributed by atoms with Gasteiger partial charge in [0.1, 0.15) is 0 Å². The van der Waals surface area contributed by atoms with Gasteiger partial charge in [-0.1, -0.05) is 13.3 Å². The maximum Gasteiger partial charge on any atom is 0.0900 e. The van der Waals surface area contributed by atoms with E-state index in [-0.39, 0.29) is 0 Å². The third kappa shape index (κ3) is 2.58. The molecule has 0 saturated heterocycles. The van der Waals surface area contributed by atoms with Gasteiger partial charge in [0.25, 0.3) is 0 Å². The summed E-state index contributed by atoms with van der Waals surface area (Å²) >= 11 is 1.82. The Hall–Kier alpha value is -0.410. The van der Waals surface area contributed by atoms with Crippen molar-refractivity contribution in [3.05, 3.63) is 15.6 Å². The van der Waals surface area contributed by atoms with Crippen LogP contribution in [0.3, 0.4) is 0 Å². The van der Waals surface area contributed by atoms with Crippen LogP contribution in [0, 0.1) is 19.3 Å². The molecule has 2 rings (SSSR count). The molecule has 1 aromatic rings. The maximum absolute atomic E-state index is 4.44. The number of hydrogen-bond donors (Lipinski definition) is 1. The van der Waals surface area contributed by atoms with E-state index < -0.39 is 0 Å². The molecule has 0 spiro atoms. The lowest BCUT2D eigenvalue weighted by Gasteiger charge is -2.38. The van der Waals surface area contributed by atoms with Crippen LogP contribution in [-0.4, -0.2) is 11.5 Å². The SMILES string of the molecule is Cc1nc(C)c(CNCC2(C)CCC2)s1. The predicted molar refractivity (Wildman–Crippen MR) is 65.3 cm³/mol. The van der Waals surface area contributed by atoms with Gasteiger partial charge < -0.3 is 5.32 Å². The average molecular weight is 224 g/mol. The molecule has 0 radical (unpaired) electrons. The van der Waals surface area contributed by atoms with E-state index in [0.717, 1.165) is 13.1 Å². The van der Waals surface area contributed by atoms with E-state index in [1.807, 2.05) is 11.3 Å². The second-order valence-electron chi connectivity index (χ2n) is 5.01. The number of thiazole rings is 1. The molecule has 1 fully saturated rings. The molecule has 1 aliphatic rings. The summed E-state index contributed by atoms with van der Waals surface area (Å²) in [5.41, 5.74) is 1.77. The largest absolute Gasteiger partial charge is 0.311 e. The summed E-state index contributed by atoms with van der Waals surface area (Å²) in [7, 11) is 0. The third-order valence-electron chi connectivity index (χ3n) is 3.40. The summed E-state index contributed by atoms with van der Waals surface area (Å²) in [4.78, 5) is 5.84. The highest BCUT2D eigenvalue weighted by Crippen LogP contribution is 2.39. The van der Waals surface area contributed by atoms with Gasteiger partial charge in [-0.05, 0) is 32.1 Å². The van der Waals surface area contributed by atoms with Gasteiger partial charge in [0, 0.05) is 18.0 Å². The van der Waals surface area contributed by atoms with E-state index in [4.69, 9.17) is 0 Å². The second-order valence-corrected chi connectivity index (χ2v) is 6.30. The summed E-state index contributed by atoms with van der Waals surface area (Å²) < 4.78 is 0. The van der Waals surface area contributed by atoms with E-state index in [9.17, 15) is 0 Å². The summed E-state index contributed by atoms with van der Waals surface area (Å²) in [5, 5.41) is 4.75. The molecule has 1 aliphatic carbocycles. The Kier molecular flexibility index (Phi) is 3.12. The zero-order valence-electron chi connectivity index (χ0n) is 9.89. The first-order valence-electron chi connectivity index (χ1n) is 5.73. The van der Waals surface area contributed by atoms with E-state index in [1.54, 1.807) is 0 Å². The van der Waals surface area contributed by atoms with Crippen molar-refractivity contribution >= 4 is 11.3 Å². The van der Waals surface area contributed by atoms with Crippen LogP contribution in [-0.2, 0) is 6.54 Å². The van der Waals surface area contributed by atoms with Crippen molar-refractivity contribution in [3.8, 4) is 0 Å². The van der Waals surface area contributed by atoms with Gasteiger partial charge in [0.15, 0.2) is 0 Å². The van der Waals surface area contributed by atoms with E-state index in [2.05, 4.69) is 31.1 Å². The first-order chi connectivity index (χ1) is 7.09. The summed E-state index contributed by atoms with van der Waals surface area (Å²) in [6.07, 6.45) is 4.19. The molecule has 0 bridgehead atoms. The molecular formula is C12H20N2S. The number of nitrogens with one attached hydrogen (secondary N) is 1. The molecule has 0 aliphatic heterocycles. The molecule has 0 unspecified atom stereocenters. The van der Waals surface area contributed by atoms with E-state index >= 15 is 0 Å². The number of aromatic nitrogens is 1. The first-order valence-corrected chi connectivity index (χ1v) is 6.54. The van der Waals surface area contributed by atoms with Gasteiger partial charge in [-0.3, -0.25) is 0 Å². The zero-order chi connectivity index (χ0) is 10.9. The Morgan fingerprint density at radius 3 is 2.60 bits per heavy atom. The van der Waals surface area contributed by atoms with E-state index in [0.29, 0.717) is 5.41 Å². The molecule has 3 heteroatoms. The molecule has 84 valence electrons. The van der Waals surface area contributed by atoms with Crippen molar-refractivity contribution in [3.63, 3.8) is 0 Å². The number of aryl methyl sites for hydroxylation is 2. The molecule has 0 atom stereocenters. The van der Waals surface area contributed by atoms with Crippen LogP contribution < -0.4 is 5.32 Å². The zero-order valence-corrected chi connectivity index (χ0v) is 10.7. The van der Waals surface area contributed by atoms with Gasteiger partial charge in [0.05, 0.1) is 10.7 Å². The van der Waals surface area contributed by atoms with Gasteiger partial charge in [0.2, 0.25) is 0 Å². The highest BCUT2D eigenvalue weighted by Gasteiger charge is 2.30. The van der Waals surface area contributed by atoms with Crippen molar-refractivity contribution in [1.29, 1.82) is 0 Å². The fourth-order valence-corrected chi connectivity index (χ4v) is 3.08. The Balaban J connectivity index is 1.80. The Morgan fingerprint density at radius 1 is 1.40 bits per heavy atom. The molecular weight excluding hydrogens is 204 g/mol. The summed E-state index contributed by atoms with van der Waals surface area (Å²) in [5.74, 6) is 0. The van der Waals surface area contributed by atoms with Crippen molar-refractivity contribution in [2.24, 2.45) is 5.41 Å². The Bertz CT molecular complexity index is 339. The highest BCUT2D eigenvalue weighted by molar-refractivity contribution is 7.11. The first kappa shape index (κ1) is 11.1. The highest BCUT2D eigenvalue weighted by atomic mass is 32.1. The molecule has 15 heavy (non-hydrogen) atoms. The second kappa shape index (κ2) is 4.22. The average Bonchev–Trinajstić information content (AvgIpc) is 2.42. The molecule has 1 aromatic heterocycles. The van der Waals surface area contributed by atoms with Crippen LogP contribution in [0.4, 0.5) is 0 Å². The van der Waals surface area contributed by atoms with Crippen LogP contribution in [0.15, 0.2) is 0 Å². The van der Waals surface area contributed by atoms with Crippen LogP contribution in [0.1, 0.15) is 41.8 Å². The van der Waals surface area contributed by atoms with Gasteiger partial charge in [-0.2, -0.15) is 0 Å². The van der Waals surface area contributed by atoms with Crippen molar-refractivity contribution in [1.82, 2.24) is 10.3 Å². The molecule has 2 nitrogen and oxygen atoms in total. The fourth-order valence-electron chi connectivity index (χ4n) is 2.17. The van der Waals surface area contributed by atoms with Crippen molar-refractivity contribution in [2.45, 2.75) is 46.6 Å². The lowest BCUT2D eigenvalue weighted by molar-refractivity contribution is 0.156. The lowest BCUT2D eigenvalue weighted by atomic mass is 9.70. The number of hydrogen-bond acceptors (Lipinski definition) is 3. The minimum absolute atomic E-state index is 0.577. The maximum atomic E-state index is 4.44. The predicted octanol–water partition coefficient (Wildman–Crippen LogP) is 3.04. The van der Waals surface area contributed by atoms with Gasteiger partial charge in [-0.15, -0.1) is 11.3 Å². The van der Waals surface area contributed by atoms with Gasteiger partial charge in [-0.25, -0.2) is 4.98 Å². The van der Waals surface area contributed by atoms with Crippen molar-refractivity contribution < 1.29 is 0 Å². The van der Waals surface area contributed by atoms with Crippen LogP contribution in [0.25, 0.3) is 0 Å². The van der Waals surface area contributed by atoms with Crippen molar-refractivity contribution in [2.75, 3.05) is 6.54 Å². The minimum atomic E-state index is 0.577. The topological polar surface area (TPSA) is 24.9 Å². The standard InChI is InChI=1S/C12H20N2S/c1-9-11(15-10(2)14-9)7-13-8-12(3)5-4-6-12/h13H,4-8H2,1-3H3. The third-order valence-corrected chi connectivity index (χ3v) is 4.47. The summed E-state index contributed by atoms with van der Waals surface area (Å²) in [6, 6.07) is 0. The smallest absolute Gasteiger partial charge is 0.0900 e. The summed E-state index contributed by atoms with van der Waals surface area (Å²) in [6.45, 7) is 8.71. The molecule has 1 saturated carbocycles. The Labute approximate surface area is 96.1 Å². The van der Waals surface area contributed by atoms with Crippen LogP contribution in [0.2, 0.25) is 0 Å². The normalized spacial score (nSPS) is 18.9. The van der Waals surface area contributed by atoms with Gasteiger partial charge >= 0.3 is 0 Å². The molecule has 1 heterocycles. The molecule has 0 aromatic carbocycles. The monoisotopic (exact) mass is 224 g/mol. The lowest BCUT2D eigenvalue weighted by Crippen LogP contribution is -2.36. The fraction of sp³-hybridized carbons (Fsp3) is 0.750. The van der Waals surface area contributed by atoms with Crippen LogP contribution >= 0.6 is 11.3 Å². The molecule has 0 amide bonds. The molecule has 1 N–H and O–H groups in total. The Morgan fingerprint density at radius 2 is 2.13 bits per heavy atom. The number of nitrogens with zero attached hydrogens (tertiary/aromatic N) is 1. The quantitative estimate of drug-likeness (QED) is 0.850. The van der Waals surface area contributed by atoms with E-state index in [1.165, 1.54) is 34.8 Å². The minimum Gasteiger partial charge on any atom is -0.311 e.